The Morgan fingerprint density at radius 2 is 0.750 bits per heavy atom. The molecule has 108 heavy (non-hydrogen) atoms. The first kappa shape index (κ1) is 77.3. The highest BCUT2D eigenvalue weighted by Crippen LogP contribution is 2.35. The Morgan fingerprint density at radius 1 is 0.389 bits per heavy atom. The maximum absolute atomic E-state index is 12.6. The number of aromatic nitrogens is 8. The molecule has 42 heteroatoms. The van der Waals surface area contributed by atoms with Gasteiger partial charge in [-0.15, -0.1) is 25.6 Å². The van der Waals surface area contributed by atoms with E-state index in [4.69, 9.17) is 79.7 Å². The van der Waals surface area contributed by atoms with Crippen LogP contribution in [0.2, 0.25) is 5.02 Å². The standard InChI is InChI=1S/2C17H14N6O4S.C16H11ClN6O3S.C16H13N5O4/c1-27-13-4-2-3-11(9-13)19-20-15-14(21-22(16(15)24)17(18)28)10-5-7-12(8-6-10)23(25)26;1-27-13-5-3-2-4-12(13)19-20-15-14(21-22(16(15)24)17(18)28)10-6-8-11(9-7-10)23(25)26;17-10-2-1-3-11(8-10)19-20-14-13(21-22(15(14)24)16(18)27)9-4-6-12(7-5-9)23(25)26;1-25-13-8-4-11(5-9-13)17-19-15-14(18-20-16(15)22)10-2-6-12(7-3-10)21(23)24/h2*2-9,21H,1H3,(H2,18,28);1-8,21H,(H2,18,27);2-9H,1H3,(H2,18,20,22). The molecule has 12 rings (SSSR count). The fraction of sp³-hybridized carbons (Fsp3) is 0.0455. The quantitative estimate of drug-likeness (QED) is 0.0161. The Labute approximate surface area is 624 Å². The van der Waals surface area contributed by atoms with E-state index >= 15 is 0 Å². The van der Waals surface area contributed by atoms with Crippen molar-refractivity contribution in [2.24, 2.45) is 58.1 Å². The molecule has 0 saturated carbocycles. The summed E-state index contributed by atoms with van der Waals surface area (Å²) in [4.78, 5) is 90.9. The molecule has 546 valence electrons. The molecule has 0 radical (unpaired) electrons. The Hall–Kier alpha value is -14.8. The molecule has 0 aliphatic heterocycles. The number of nitrogens with one attached hydrogen (secondary N) is 5. The van der Waals surface area contributed by atoms with E-state index < -0.39 is 41.9 Å². The number of benzene rings is 8. The van der Waals surface area contributed by atoms with Crippen LogP contribution < -0.4 is 53.6 Å². The van der Waals surface area contributed by atoms with Crippen molar-refractivity contribution in [1.29, 1.82) is 0 Å². The topological polar surface area (TPSA) is 539 Å². The molecule has 0 bridgehead atoms. The molecular weight excluding hydrogens is 1490 g/mol. The van der Waals surface area contributed by atoms with Crippen molar-refractivity contribution < 1.29 is 33.9 Å². The maximum atomic E-state index is 12.6. The van der Waals surface area contributed by atoms with Crippen LogP contribution in [0.5, 0.6) is 17.2 Å². The number of non-ortho nitro benzene ring substituents is 4. The molecule has 0 saturated heterocycles. The number of azo groups is 4. The fourth-order valence-corrected chi connectivity index (χ4v) is 9.86. The number of methoxy groups -OCH3 is 3. The van der Waals surface area contributed by atoms with Gasteiger partial charge in [-0.3, -0.25) is 85.1 Å². The summed E-state index contributed by atoms with van der Waals surface area (Å²) in [5.74, 6) is 1.75. The molecule has 38 nitrogen and oxygen atoms in total. The highest BCUT2D eigenvalue weighted by atomic mass is 35.5. The van der Waals surface area contributed by atoms with Crippen LogP contribution >= 0.6 is 48.3 Å². The van der Waals surface area contributed by atoms with E-state index in [1.807, 2.05) is 0 Å². The molecule has 4 heterocycles. The van der Waals surface area contributed by atoms with Crippen molar-refractivity contribution in [1.82, 2.24) is 39.5 Å². The Kier molecular flexibility index (Phi) is 25.3. The fourth-order valence-electron chi connectivity index (χ4n) is 9.29. The highest BCUT2D eigenvalue weighted by Gasteiger charge is 2.23. The van der Waals surface area contributed by atoms with E-state index in [9.17, 15) is 59.6 Å². The maximum Gasteiger partial charge on any atom is 0.301 e. The molecule has 0 atom stereocenters. The number of thiocarbonyl (C=S) groups is 3. The second-order valence-corrected chi connectivity index (χ2v) is 23.0. The van der Waals surface area contributed by atoms with E-state index in [0.29, 0.717) is 73.0 Å². The van der Waals surface area contributed by atoms with Crippen LogP contribution in [0.3, 0.4) is 0 Å². The number of hydrogen-bond donors (Lipinski definition) is 8. The largest absolute Gasteiger partial charge is 0.497 e. The molecular formula is C66H52ClN23O15S3. The van der Waals surface area contributed by atoms with E-state index in [2.05, 4.69) is 66.4 Å². The molecule has 0 fully saturated rings. The van der Waals surface area contributed by atoms with Gasteiger partial charge in [-0.05, 0) is 152 Å². The first-order valence-corrected chi connectivity index (χ1v) is 32.0. The van der Waals surface area contributed by atoms with Crippen LogP contribution in [0.25, 0.3) is 45.0 Å². The number of aromatic amines is 5. The van der Waals surface area contributed by atoms with Crippen molar-refractivity contribution in [3.63, 3.8) is 0 Å². The number of H-pyrrole nitrogens is 5. The molecule has 0 unspecified atom stereocenters. The molecule has 11 N–H and O–H groups in total. The van der Waals surface area contributed by atoms with Crippen LogP contribution in [0.4, 0.5) is 68.2 Å². The second kappa shape index (κ2) is 35.4. The summed E-state index contributed by atoms with van der Waals surface area (Å²) < 4.78 is 18.2. The molecule has 4 aromatic heterocycles. The van der Waals surface area contributed by atoms with Crippen molar-refractivity contribution in [3.05, 3.63) is 281 Å². The van der Waals surface area contributed by atoms with Gasteiger partial charge in [0.05, 0.1) is 80.9 Å². The van der Waals surface area contributed by atoms with E-state index in [1.165, 1.54) is 111 Å². The Balaban J connectivity index is 0.000000166. The average molecular weight is 1540 g/mol. The minimum absolute atomic E-state index is 0.0375. The monoisotopic (exact) mass is 1540 g/mol. The molecule has 0 aliphatic carbocycles. The van der Waals surface area contributed by atoms with Gasteiger partial charge < -0.3 is 31.4 Å². The highest BCUT2D eigenvalue weighted by molar-refractivity contribution is 7.80. The number of nitro benzene ring substituents is 4. The number of para-hydroxylation sites is 1. The summed E-state index contributed by atoms with van der Waals surface area (Å²) in [6.45, 7) is 0. The lowest BCUT2D eigenvalue weighted by Crippen LogP contribution is -2.29. The lowest BCUT2D eigenvalue weighted by molar-refractivity contribution is -0.385. The summed E-state index contributed by atoms with van der Waals surface area (Å²) in [5, 5.41) is 88.8. The van der Waals surface area contributed by atoms with Crippen LogP contribution in [-0.2, 0) is 0 Å². The third kappa shape index (κ3) is 19.1. The van der Waals surface area contributed by atoms with Crippen molar-refractivity contribution in [2.75, 3.05) is 21.3 Å². The predicted octanol–water partition coefficient (Wildman–Crippen LogP) is 14.1. The van der Waals surface area contributed by atoms with Gasteiger partial charge in [0, 0.05) is 81.9 Å². The number of nitrogens with zero attached hydrogens (tertiary/aromatic N) is 15. The van der Waals surface area contributed by atoms with Gasteiger partial charge in [0.2, 0.25) is 0 Å². The number of nitro groups is 4. The number of hydrogen-bond acceptors (Lipinski definition) is 26. The van der Waals surface area contributed by atoms with Crippen molar-refractivity contribution in [2.45, 2.75) is 0 Å². The van der Waals surface area contributed by atoms with Crippen molar-refractivity contribution >= 4 is 132 Å². The summed E-state index contributed by atoms with van der Waals surface area (Å²) >= 11 is 20.5. The van der Waals surface area contributed by atoms with Gasteiger partial charge in [-0.1, -0.05) is 35.9 Å². The zero-order valence-electron chi connectivity index (χ0n) is 55.6. The smallest absolute Gasteiger partial charge is 0.301 e. The first-order chi connectivity index (χ1) is 51.8. The first-order valence-electron chi connectivity index (χ1n) is 30.4. The second-order valence-electron chi connectivity index (χ2n) is 21.3. The van der Waals surface area contributed by atoms with Gasteiger partial charge in [0.15, 0.2) is 38.1 Å². The summed E-state index contributed by atoms with van der Waals surface area (Å²) in [5.41, 5.74) is 19.3. The lowest BCUT2D eigenvalue weighted by Gasteiger charge is -2.02. The molecule has 0 spiro atoms. The lowest BCUT2D eigenvalue weighted by atomic mass is 10.1. The molecule has 0 amide bonds. The molecule has 0 aliphatic rings. The van der Waals surface area contributed by atoms with Gasteiger partial charge in [-0.2, -0.15) is 29.4 Å². The Morgan fingerprint density at radius 3 is 1.13 bits per heavy atom. The van der Waals surface area contributed by atoms with Crippen LogP contribution in [0.1, 0.15) is 0 Å². The molecule has 8 aromatic carbocycles. The van der Waals surface area contributed by atoms with E-state index in [0.717, 1.165) is 14.0 Å². The Bertz CT molecular complexity index is 5770. The van der Waals surface area contributed by atoms with Gasteiger partial charge in [0.25, 0.3) is 28.3 Å². The van der Waals surface area contributed by atoms with Gasteiger partial charge in [-0.25, -0.2) is 0 Å². The average Bonchev–Trinajstić information content (AvgIpc) is 1.65. The number of halogens is 1. The normalized spacial score (nSPS) is 10.9. The molecule has 12 aromatic rings. The van der Waals surface area contributed by atoms with Crippen LogP contribution in [-0.4, -0.2) is 95.9 Å². The predicted molar refractivity (Wildman–Crippen MR) is 409 cm³/mol. The minimum atomic E-state index is -0.598. The van der Waals surface area contributed by atoms with Crippen LogP contribution in [0, 0.1) is 40.5 Å². The van der Waals surface area contributed by atoms with Gasteiger partial charge >= 0.3 is 16.7 Å². The van der Waals surface area contributed by atoms with Crippen molar-refractivity contribution in [3.8, 4) is 62.3 Å². The summed E-state index contributed by atoms with van der Waals surface area (Å²) in [6, 6.07) is 49.7. The zero-order valence-corrected chi connectivity index (χ0v) is 58.8. The van der Waals surface area contributed by atoms with Gasteiger partial charge in [0.1, 0.15) is 22.9 Å². The number of nitrogens with two attached hydrogens (primary N) is 3. The zero-order chi connectivity index (χ0) is 77.9. The number of ether oxygens (including phenoxy) is 3. The third-order valence-corrected chi connectivity index (χ3v) is 15.3. The van der Waals surface area contributed by atoms with E-state index in [-0.39, 0.29) is 77.9 Å². The summed E-state index contributed by atoms with van der Waals surface area (Å²) in [7, 11) is 4.58. The van der Waals surface area contributed by atoms with E-state index in [1.54, 1.807) is 104 Å². The minimum Gasteiger partial charge on any atom is -0.497 e. The number of rotatable bonds is 19. The third-order valence-electron chi connectivity index (χ3n) is 14.6. The SMILES string of the molecule is COc1ccc(N=Nc2c(-c3ccc([N+](=O)[O-])cc3)[nH][nH]c2=O)cc1.COc1cccc(N=Nc2c(-c3ccc([N+](=O)[O-])cc3)[nH]n(C(N)=S)c2=O)c1.COc1ccccc1N=Nc1c(-c2ccc([N+](=O)[O-])cc2)[nH]n(C(N)=S)c1=O.NC(=S)n1[nH]c(-c2ccc([N+](=O)[O-])cc2)c(N=Nc2cccc(Cl)c2)c1=O. The van der Waals surface area contributed by atoms with Crippen LogP contribution in [0.15, 0.2) is 254 Å². The summed E-state index contributed by atoms with van der Waals surface area (Å²) in [6.07, 6.45) is 0.